The van der Waals surface area contributed by atoms with Crippen LogP contribution in [0.2, 0.25) is 0 Å². The van der Waals surface area contributed by atoms with Crippen LogP contribution in [0.1, 0.15) is 42.3 Å². The Bertz CT molecular complexity index is 921. The van der Waals surface area contributed by atoms with Crippen molar-refractivity contribution < 1.29 is 9.32 Å². The standard InChI is InChI=1S/C22H24N4O2/c1-16-10-12-18(13-11-16)20-24-21(28-25-20)19-9-5-6-14-26(19)22(27)23-15-17-7-3-2-4-8-17/h2-4,7-8,10-13,19H,5-6,9,14-15H2,1H3,(H,23,27)/t19-/m0/s1. The van der Waals surface area contributed by atoms with Crippen LogP contribution in [0.4, 0.5) is 4.79 Å². The Morgan fingerprint density at radius 2 is 1.93 bits per heavy atom. The summed E-state index contributed by atoms with van der Waals surface area (Å²) in [5.74, 6) is 1.07. The number of piperidine rings is 1. The predicted molar refractivity (Wildman–Crippen MR) is 106 cm³/mol. The molecular formula is C22H24N4O2. The number of hydrogen-bond acceptors (Lipinski definition) is 4. The zero-order valence-electron chi connectivity index (χ0n) is 16.0. The van der Waals surface area contributed by atoms with Gasteiger partial charge in [0.1, 0.15) is 6.04 Å². The molecule has 28 heavy (non-hydrogen) atoms. The molecule has 0 saturated carbocycles. The van der Waals surface area contributed by atoms with Gasteiger partial charge in [0.05, 0.1) is 0 Å². The van der Waals surface area contributed by atoms with Gasteiger partial charge in [0.15, 0.2) is 0 Å². The first kappa shape index (κ1) is 18.2. The van der Waals surface area contributed by atoms with Crippen LogP contribution in [-0.4, -0.2) is 27.6 Å². The van der Waals surface area contributed by atoms with E-state index in [1.165, 1.54) is 5.56 Å². The molecule has 1 aromatic heterocycles. The number of nitrogens with zero attached hydrogens (tertiary/aromatic N) is 3. The number of hydrogen-bond donors (Lipinski definition) is 1. The Morgan fingerprint density at radius 3 is 2.71 bits per heavy atom. The first-order chi connectivity index (χ1) is 13.7. The van der Waals surface area contributed by atoms with E-state index in [-0.39, 0.29) is 12.1 Å². The van der Waals surface area contributed by atoms with Crippen LogP contribution in [-0.2, 0) is 6.54 Å². The normalized spacial score (nSPS) is 16.8. The monoisotopic (exact) mass is 376 g/mol. The first-order valence-electron chi connectivity index (χ1n) is 9.70. The van der Waals surface area contributed by atoms with Crippen LogP contribution in [0.15, 0.2) is 59.1 Å². The predicted octanol–water partition coefficient (Wildman–Crippen LogP) is 4.48. The van der Waals surface area contributed by atoms with E-state index in [0.717, 1.165) is 30.4 Å². The molecule has 144 valence electrons. The van der Waals surface area contributed by atoms with Gasteiger partial charge in [0.2, 0.25) is 11.7 Å². The van der Waals surface area contributed by atoms with Crippen molar-refractivity contribution in [3.63, 3.8) is 0 Å². The molecule has 0 radical (unpaired) electrons. The van der Waals surface area contributed by atoms with E-state index >= 15 is 0 Å². The number of aryl methyl sites for hydroxylation is 1. The molecule has 2 amide bonds. The SMILES string of the molecule is Cc1ccc(-c2noc([C@@H]3CCCCN3C(=O)NCc3ccccc3)n2)cc1. The third-order valence-electron chi connectivity index (χ3n) is 5.09. The van der Waals surface area contributed by atoms with Gasteiger partial charge in [-0.15, -0.1) is 0 Å². The lowest BCUT2D eigenvalue weighted by Gasteiger charge is -2.33. The third kappa shape index (κ3) is 4.06. The number of rotatable bonds is 4. The number of carbonyl (C=O) groups excluding carboxylic acids is 1. The summed E-state index contributed by atoms with van der Waals surface area (Å²) in [6.45, 7) is 3.23. The first-order valence-corrected chi connectivity index (χ1v) is 9.70. The molecule has 6 nitrogen and oxygen atoms in total. The fourth-order valence-corrected chi connectivity index (χ4v) is 3.50. The second-order valence-electron chi connectivity index (χ2n) is 7.17. The number of nitrogens with one attached hydrogen (secondary N) is 1. The number of likely N-dealkylation sites (tertiary alicyclic amines) is 1. The summed E-state index contributed by atoms with van der Waals surface area (Å²) in [6.07, 6.45) is 2.85. The maximum atomic E-state index is 12.8. The Balaban J connectivity index is 1.47. The van der Waals surface area contributed by atoms with Crippen LogP contribution >= 0.6 is 0 Å². The molecule has 1 fully saturated rings. The number of benzene rings is 2. The van der Waals surface area contributed by atoms with Crippen LogP contribution < -0.4 is 5.32 Å². The Morgan fingerprint density at radius 1 is 1.14 bits per heavy atom. The van der Waals surface area contributed by atoms with E-state index in [4.69, 9.17) is 4.52 Å². The van der Waals surface area contributed by atoms with Crippen molar-refractivity contribution in [1.82, 2.24) is 20.4 Å². The van der Waals surface area contributed by atoms with Gasteiger partial charge in [0.25, 0.3) is 0 Å². The Hall–Kier alpha value is -3.15. The van der Waals surface area contributed by atoms with Gasteiger partial charge in [-0.3, -0.25) is 0 Å². The molecule has 6 heteroatoms. The average Bonchev–Trinajstić information content (AvgIpc) is 3.23. The topological polar surface area (TPSA) is 71.3 Å². The average molecular weight is 376 g/mol. The molecule has 1 aliphatic heterocycles. The van der Waals surface area contributed by atoms with Crippen molar-refractivity contribution >= 4 is 6.03 Å². The molecule has 1 saturated heterocycles. The minimum absolute atomic E-state index is 0.0939. The fourth-order valence-electron chi connectivity index (χ4n) is 3.50. The quantitative estimate of drug-likeness (QED) is 0.729. The highest BCUT2D eigenvalue weighted by atomic mass is 16.5. The second-order valence-corrected chi connectivity index (χ2v) is 7.17. The highest BCUT2D eigenvalue weighted by molar-refractivity contribution is 5.74. The van der Waals surface area contributed by atoms with Gasteiger partial charge in [-0.25, -0.2) is 4.79 Å². The van der Waals surface area contributed by atoms with Crippen molar-refractivity contribution in [2.45, 2.75) is 38.8 Å². The Labute approximate surface area is 164 Å². The zero-order valence-corrected chi connectivity index (χ0v) is 16.0. The molecule has 1 atom stereocenters. The summed E-state index contributed by atoms with van der Waals surface area (Å²) < 4.78 is 5.55. The van der Waals surface area contributed by atoms with Crippen LogP contribution in [0.3, 0.4) is 0 Å². The number of carbonyl (C=O) groups is 1. The summed E-state index contributed by atoms with van der Waals surface area (Å²) in [7, 11) is 0. The molecule has 2 aromatic carbocycles. The minimum atomic E-state index is -0.184. The summed E-state index contributed by atoms with van der Waals surface area (Å²) in [6, 6.07) is 17.6. The van der Waals surface area contributed by atoms with Gasteiger partial charge in [-0.05, 0) is 31.7 Å². The van der Waals surface area contributed by atoms with E-state index in [2.05, 4.69) is 15.5 Å². The van der Waals surface area contributed by atoms with Crippen LogP contribution in [0.25, 0.3) is 11.4 Å². The molecule has 4 rings (SSSR count). The molecule has 1 N–H and O–H groups in total. The molecule has 0 unspecified atom stereocenters. The lowest BCUT2D eigenvalue weighted by Crippen LogP contribution is -2.44. The molecule has 1 aliphatic rings. The number of amides is 2. The maximum absolute atomic E-state index is 12.8. The molecular weight excluding hydrogens is 352 g/mol. The van der Waals surface area contributed by atoms with Crippen molar-refractivity contribution in [3.05, 3.63) is 71.6 Å². The second kappa shape index (κ2) is 8.25. The summed E-state index contributed by atoms with van der Waals surface area (Å²) in [5, 5.41) is 7.14. The smallest absolute Gasteiger partial charge is 0.318 e. The van der Waals surface area contributed by atoms with Gasteiger partial charge < -0.3 is 14.7 Å². The van der Waals surface area contributed by atoms with E-state index in [9.17, 15) is 4.79 Å². The molecule has 0 aliphatic carbocycles. The van der Waals surface area contributed by atoms with Gasteiger partial charge in [-0.2, -0.15) is 4.98 Å². The van der Waals surface area contributed by atoms with Gasteiger partial charge in [-0.1, -0.05) is 65.3 Å². The zero-order chi connectivity index (χ0) is 19.3. The lowest BCUT2D eigenvalue weighted by molar-refractivity contribution is 0.131. The largest absolute Gasteiger partial charge is 0.337 e. The highest BCUT2D eigenvalue weighted by Gasteiger charge is 2.32. The van der Waals surface area contributed by atoms with Gasteiger partial charge in [0, 0.05) is 18.7 Å². The van der Waals surface area contributed by atoms with E-state index < -0.39 is 0 Å². The summed E-state index contributed by atoms with van der Waals surface area (Å²) in [5.41, 5.74) is 3.17. The lowest BCUT2D eigenvalue weighted by atomic mass is 10.0. The molecule has 0 bridgehead atoms. The van der Waals surface area contributed by atoms with E-state index in [0.29, 0.717) is 24.8 Å². The van der Waals surface area contributed by atoms with Crippen molar-refractivity contribution in [2.75, 3.05) is 6.54 Å². The van der Waals surface area contributed by atoms with Crippen molar-refractivity contribution in [1.29, 1.82) is 0 Å². The summed E-state index contributed by atoms with van der Waals surface area (Å²) in [4.78, 5) is 19.2. The van der Waals surface area contributed by atoms with Crippen LogP contribution in [0, 0.1) is 6.92 Å². The Kier molecular flexibility index (Phi) is 5.37. The van der Waals surface area contributed by atoms with E-state index in [1.54, 1.807) is 0 Å². The molecule has 2 heterocycles. The summed E-state index contributed by atoms with van der Waals surface area (Å²) >= 11 is 0. The fraction of sp³-hybridized carbons (Fsp3) is 0.318. The minimum Gasteiger partial charge on any atom is -0.337 e. The van der Waals surface area contributed by atoms with Gasteiger partial charge >= 0.3 is 6.03 Å². The number of urea groups is 1. The third-order valence-corrected chi connectivity index (χ3v) is 5.09. The number of aromatic nitrogens is 2. The molecule has 0 spiro atoms. The van der Waals surface area contributed by atoms with Crippen LogP contribution in [0.5, 0.6) is 0 Å². The molecule has 3 aromatic rings. The van der Waals surface area contributed by atoms with Crippen molar-refractivity contribution in [3.8, 4) is 11.4 Å². The maximum Gasteiger partial charge on any atom is 0.318 e. The van der Waals surface area contributed by atoms with E-state index in [1.807, 2.05) is 66.4 Å². The highest BCUT2D eigenvalue weighted by Crippen LogP contribution is 2.31. The van der Waals surface area contributed by atoms with Crippen molar-refractivity contribution in [2.24, 2.45) is 0 Å².